The van der Waals surface area contributed by atoms with E-state index in [0.29, 0.717) is 0 Å². The second kappa shape index (κ2) is 9.78. The lowest BCUT2D eigenvalue weighted by Gasteiger charge is -2.16. The molecule has 4 aromatic rings. The fourth-order valence-electron chi connectivity index (χ4n) is 3.86. The lowest BCUT2D eigenvalue weighted by molar-refractivity contribution is 1.13. The molecule has 0 spiro atoms. The molecular weight excluding hydrogens is 440 g/mol. The Bertz CT molecular complexity index is 1210. The van der Waals surface area contributed by atoms with Crippen LogP contribution in [0.25, 0.3) is 33.6 Å². The molecular formula is C29H31ClN4. The summed E-state index contributed by atoms with van der Waals surface area (Å²) in [4.78, 5) is 11.3. The van der Waals surface area contributed by atoms with Crippen LogP contribution in [0.3, 0.4) is 0 Å². The molecule has 0 aliphatic carbocycles. The Hall–Kier alpha value is -3.50. The van der Waals surface area contributed by atoms with Crippen molar-refractivity contribution in [3.63, 3.8) is 0 Å². The fourth-order valence-corrected chi connectivity index (χ4v) is 4.14. The van der Waals surface area contributed by atoms with Crippen molar-refractivity contribution in [2.24, 2.45) is 0 Å². The van der Waals surface area contributed by atoms with Gasteiger partial charge in [0.25, 0.3) is 0 Å². The number of rotatable bonds is 6. The van der Waals surface area contributed by atoms with E-state index in [-0.39, 0.29) is 0 Å². The lowest BCUT2D eigenvalue weighted by Crippen LogP contribution is -2.08. The number of hydrogen-bond donors (Lipinski definition) is 0. The van der Waals surface area contributed by atoms with Crippen molar-refractivity contribution >= 4 is 28.7 Å². The van der Waals surface area contributed by atoms with E-state index in [1.165, 1.54) is 0 Å². The third-order valence-electron chi connectivity index (χ3n) is 5.96. The third-order valence-corrected chi connectivity index (χ3v) is 6.28. The Morgan fingerprint density at radius 3 is 1.29 bits per heavy atom. The summed E-state index contributed by atoms with van der Waals surface area (Å²) in [7, 11) is 12.2. The minimum atomic E-state index is 0.722. The second-order valence-electron chi connectivity index (χ2n) is 9.07. The first-order valence-corrected chi connectivity index (χ1v) is 11.7. The van der Waals surface area contributed by atoms with E-state index in [9.17, 15) is 0 Å². The quantitative estimate of drug-likeness (QED) is 0.304. The Balaban J connectivity index is 1.85. The van der Waals surface area contributed by atoms with Gasteiger partial charge in [0.15, 0.2) is 0 Å². The van der Waals surface area contributed by atoms with E-state index < -0.39 is 0 Å². The predicted octanol–water partition coefficient (Wildman–Crippen LogP) is 6.93. The van der Waals surface area contributed by atoms with Crippen molar-refractivity contribution in [1.29, 1.82) is 0 Å². The number of hydrogen-bond acceptors (Lipinski definition) is 4. The van der Waals surface area contributed by atoms with E-state index in [4.69, 9.17) is 16.6 Å². The molecule has 3 aromatic carbocycles. The molecule has 0 aliphatic heterocycles. The summed E-state index contributed by atoms with van der Waals surface area (Å²) in [6, 6.07) is 27.4. The molecule has 174 valence electrons. The largest absolute Gasteiger partial charge is 0.378 e. The smallest absolute Gasteiger partial charge is 0.0715 e. The molecule has 0 saturated carbocycles. The zero-order valence-electron chi connectivity index (χ0n) is 20.7. The van der Waals surface area contributed by atoms with Crippen molar-refractivity contribution in [2.45, 2.75) is 0 Å². The summed E-state index contributed by atoms with van der Waals surface area (Å²) in [5, 5.41) is 0.722. The van der Waals surface area contributed by atoms with Gasteiger partial charge in [-0.1, -0.05) is 41.9 Å². The van der Waals surface area contributed by atoms with Crippen LogP contribution < -0.4 is 14.7 Å². The molecule has 0 bridgehead atoms. The normalized spacial score (nSPS) is 10.8. The van der Waals surface area contributed by atoms with Crippen molar-refractivity contribution < 1.29 is 0 Å². The van der Waals surface area contributed by atoms with Crippen LogP contribution in [0.5, 0.6) is 0 Å². The number of aromatic nitrogens is 1. The molecule has 4 rings (SSSR count). The Morgan fingerprint density at radius 2 is 0.912 bits per heavy atom. The number of nitrogens with zero attached hydrogens (tertiary/aromatic N) is 4. The van der Waals surface area contributed by atoms with Crippen molar-refractivity contribution in [3.05, 3.63) is 83.9 Å². The molecule has 0 radical (unpaired) electrons. The molecule has 5 heteroatoms. The highest BCUT2D eigenvalue weighted by molar-refractivity contribution is 6.33. The Labute approximate surface area is 208 Å². The van der Waals surface area contributed by atoms with Crippen LogP contribution >= 0.6 is 11.6 Å². The van der Waals surface area contributed by atoms with Crippen LogP contribution in [-0.4, -0.2) is 47.3 Å². The molecule has 0 atom stereocenters. The summed E-state index contributed by atoms with van der Waals surface area (Å²) < 4.78 is 0. The monoisotopic (exact) mass is 470 g/mol. The number of benzene rings is 3. The van der Waals surface area contributed by atoms with E-state index in [1.54, 1.807) is 0 Å². The first-order valence-electron chi connectivity index (χ1n) is 11.3. The first-order chi connectivity index (χ1) is 16.2. The number of halogens is 1. The van der Waals surface area contributed by atoms with E-state index in [2.05, 4.69) is 87.5 Å². The van der Waals surface area contributed by atoms with Crippen LogP contribution in [0.2, 0.25) is 5.02 Å². The maximum absolute atomic E-state index is 6.76. The van der Waals surface area contributed by atoms with Gasteiger partial charge in [0.1, 0.15) is 0 Å². The first kappa shape index (κ1) is 23.7. The third kappa shape index (κ3) is 5.02. The van der Waals surface area contributed by atoms with Crippen LogP contribution in [0.1, 0.15) is 0 Å². The molecule has 0 fully saturated rings. The highest BCUT2D eigenvalue weighted by Gasteiger charge is 2.13. The fraction of sp³-hybridized carbons (Fsp3) is 0.207. The van der Waals surface area contributed by atoms with Crippen molar-refractivity contribution in [2.75, 3.05) is 57.0 Å². The molecule has 0 N–H and O–H groups in total. The molecule has 1 aromatic heterocycles. The molecule has 34 heavy (non-hydrogen) atoms. The van der Waals surface area contributed by atoms with Crippen LogP contribution in [0.15, 0.2) is 78.9 Å². The number of anilines is 3. The van der Waals surface area contributed by atoms with Gasteiger partial charge >= 0.3 is 0 Å². The average molecular weight is 471 g/mol. The summed E-state index contributed by atoms with van der Waals surface area (Å²) in [6.45, 7) is 0. The predicted molar refractivity (Wildman–Crippen MR) is 149 cm³/mol. The van der Waals surface area contributed by atoms with Gasteiger partial charge in [0.05, 0.1) is 16.4 Å². The van der Waals surface area contributed by atoms with Gasteiger partial charge in [0, 0.05) is 76.0 Å². The molecule has 0 aliphatic rings. The standard InChI is InChI=1S/C29H31ClN4/c1-32(2)23-11-7-20(8-12-23)28-17-22(26-16-15-25(34(5)6)19-27(26)30)18-29(31-28)21-9-13-24(14-10-21)33(3)4/h7-19H,1-6H3. The molecule has 0 amide bonds. The number of pyridine rings is 1. The Kier molecular flexibility index (Phi) is 6.80. The second-order valence-corrected chi connectivity index (χ2v) is 9.47. The minimum Gasteiger partial charge on any atom is -0.378 e. The van der Waals surface area contributed by atoms with Gasteiger partial charge in [-0.15, -0.1) is 0 Å². The summed E-state index contributed by atoms with van der Waals surface area (Å²) in [5.41, 5.74) is 9.39. The molecule has 0 saturated heterocycles. The van der Waals surface area contributed by atoms with E-state index in [1.807, 2.05) is 48.4 Å². The zero-order chi connectivity index (χ0) is 24.4. The summed E-state index contributed by atoms with van der Waals surface area (Å²) in [6.07, 6.45) is 0. The van der Waals surface area contributed by atoms with Gasteiger partial charge < -0.3 is 14.7 Å². The lowest BCUT2D eigenvalue weighted by atomic mass is 9.99. The Morgan fingerprint density at radius 1 is 0.500 bits per heavy atom. The van der Waals surface area contributed by atoms with Crippen LogP contribution in [0.4, 0.5) is 17.1 Å². The van der Waals surface area contributed by atoms with Gasteiger partial charge in [0.2, 0.25) is 0 Å². The highest BCUT2D eigenvalue weighted by Crippen LogP contribution is 2.36. The SMILES string of the molecule is CN(C)c1ccc(-c2cc(-c3ccc(N(C)C)cc3Cl)cc(-c3ccc(N(C)C)cc3)n2)cc1. The van der Waals surface area contributed by atoms with Gasteiger partial charge in [-0.2, -0.15) is 0 Å². The topological polar surface area (TPSA) is 22.6 Å². The van der Waals surface area contributed by atoms with Crippen molar-refractivity contribution in [1.82, 2.24) is 4.98 Å². The molecule has 0 unspecified atom stereocenters. The van der Waals surface area contributed by atoms with Gasteiger partial charge in [-0.25, -0.2) is 4.98 Å². The highest BCUT2D eigenvalue weighted by atomic mass is 35.5. The molecule has 4 nitrogen and oxygen atoms in total. The minimum absolute atomic E-state index is 0.722. The van der Waals surface area contributed by atoms with E-state index in [0.717, 1.165) is 55.7 Å². The average Bonchev–Trinajstić information content (AvgIpc) is 2.83. The zero-order valence-corrected chi connectivity index (χ0v) is 21.4. The van der Waals surface area contributed by atoms with Gasteiger partial charge in [-0.05, 0) is 54.1 Å². The van der Waals surface area contributed by atoms with Crippen molar-refractivity contribution in [3.8, 4) is 33.6 Å². The van der Waals surface area contributed by atoms with Crippen LogP contribution in [0, 0.1) is 0 Å². The maximum atomic E-state index is 6.76. The molecule has 1 heterocycles. The summed E-state index contributed by atoms with van der Waals surface area (Å²) in [5.74, 6) is 0. The van der Waals surface area contributed by atoms with Gasteiger partial charge in [-0.3, -0.25) is 0 Å². The maximum Gasteiger partial charge on any atom is 0.0715 e. The summed E-state index contributed by atoms with van der Waals surface area (Å²) >= 11 is 6.76. The van der Waals surface area contributed by atoms with E-state index >= 15 is 0 Å². The van der Waals surface area contributed by atoms with Crippen LogP contribution in [-0.2, 0) is 0 Å².